The van der Waals surface area contributed by atoms with Crippen LogP contribution in [0.2, 0.25) is 0 Å². The largest absolute Gasteiger partial charge is 0.480 e. The number of rotatable bonds is 13. The summed E-state index contributed by atoms with van der Waals surface area (Å²) in [5.74, 6) is -2.11. The minimum absolute atomic E-state index is 0.0127. The Kier molecular flexibility index (Phi) is 11.9. The number of para-hydroxylation sites is 2. The lowest BCUT2D eigenvalue weighted by molar-refractivity contribution is -0.142. The Bertz CT molecular complexity index is 2120. The molecule has 4 amide bonds. The second-order valence-corrected chi connectivity index (χ2v) is 14.0. The molecule has 0 bridgehead atoms. The Labute approximate surface area is 312 Å². The maximum atomic E-state index is 13.5. The number of piperidine rings is 1. The van der Waals surface area contributed by atoms with E-state index in [9.17, 15) is 29.1 Å². The molecule has 2 atom stereocenters. The number of carbonyl (C=O) groups excluding carboxylic acids is 4. The van der Waals surface area contributed by atoms with Crippen LogP contribution in [0.25, 0.3) is 21.9 Å². The SMILES string of the molecule is CC(C)C[C@H](NC(=O)c1cccc2c1oc1ccccc12)C(=O)N[C@@H](Cc1ccc(OC(=O)N2CCC(NC(=O)Cc3ccccc3)CC2)cc1)C(=O)O. The zero-order valence-electron chi connectivity index (χ0n) is 30.2. The third-order valence-electron chi connectivity index (χ3n) is 9.49. The van der Waals surface area contributed by atoms with E-state index >= 15 is 0 Å². The molecule has 0 saturated carbocycles. The number of carboxylic acid groups (broad SMARTS) is 1. The third kappa shape index (κ3) is 9.43. The summed E-state index contributed by atoms with van der Waals surface area (Å²) in [4.78, 5) is 66.3. The Morgan fingerprint density at radius 2 is 1.48 bits per heavy atom. The number of aliphatic carboxylic acids is 1. The predicted octanol–water partition coefficient (Wildman–Crippen LogP) is 5.86. The fourth-order valence-electron chi connectivity index (χ4n) is 6.70. The first kappa shape index (κ1) is 37.6. The molecule has 4 aromatic carbocycles. The Hall–Kier alpha value is -6.17. The average molecular weight is 733 g/mol. The molecule has 54 heavy (non-hydrogen) atoms. The minimum atomic E-state index is -1.29. The molecule has 6 rings (SSSR count). The first-order valence-electron chi connectivity index (χ1n) is 18.2. The number of benzene rings is 4. The van der Waals surface area contributed by atoms with Crippen molar-refractivity contribution in [2.45, 2.75) is 64.1 Å². The molecule has 0 aliphatic carbocycles. The number of nitrogens with zero attached hydrogens (tertiary/aromatic N) is 1. The van der Waals surface area contributed by atoms with Gasteiger partial charge >= 0.3 is 12.1 Å². The van der Waals surface area contributed by atoms with Crippen LogP contribution >= 0.6 is 0 Å². The van der Waals surface area contributed by atoms with Gasteiger partial charge in [0.15, 0.2) is 0 Å². The van der Waals surface area contributed by atoms with E-state index in [1.807, 2.05) is 74.5 Å². The smallest absolute Gasteiger partial charge is 0.415 e. The van der Waals surface area contributed by atoms with Crippen LogP contribution in [0, 0.1) is 5.92 Å². The van der Waals surface area contributed by atoms with E-state index < -0.39 is 36.0 Å². The highest BCUT2D eigenvalue weighted by Gasteiger charge is 2.29. The molecular weight excluding hydrogens is 688 g/mol. The van der Waals surface area contributed by atoms with Gasteiger partial charge in [0, 0.05) is 36.3 Å². The van der Waals surface area contributed by atoms with Gasteiger partial charge < -0.3 is 35.1 Å². The summed E-state index contributed by atoms with van der Waals surface area (Å²) >= 11 is 0. The van der Waals surface area contributed by atoms with Crippen LogP contribution in [0.5, 0.6) is 5.75 Å². The molecule has 1 aromatic heterocycles. The number of amides is 4. The quantitative estimate of drug-likeness (QED) is 0.117. The summed E-state index contributed by atoms with van der Waals surface area (Å²) < 4.78 is 11.6. The van der Waals surface area contributed by atoms with Crippen LogP contribution < -0.4 is 20.7 Å². The number of hydrogen-bond acceptors (Lipinski definition) is 7. The molecular formula is C42H44N4O8. The molecule has 1 aliphatic rings. The molecule has 5 aromatic rings. The number of likely N-dealkylation sites (tertiary alicyclic amines) is 1. The normalized spacial score (nSPS) is 14.4. The zero-order valence-corrected chi connectivity index (χ0v) is 30.2. The van der Waals surface area contributed by atoms with Crippen molar-refractivity contribution in [1.29, 1.82) is 0 Å². The number of carboxylic acids is 1. The van der Waals surface area contributed by atoms with Crippen molar-refractivity contribution >= 4 is 51.7 Å². The molecule has 1 fully saturated rings. The molecule has 0 radical (unpaired) electrons. The van der Waals surface area contributed by atoms with Crippen LogP contribution in [0.3, 0.4) is 0 Å². The standard InChI is InChI=1S/C42H44N4O8/c1-26(2)23-34(44-39(48)33-13-8-12-32-31-11-6-7-14-36(31)54-38(32)33)40(49)45-35(41(50)51)24-28-15-17-30(18-16-28)53-42(52)46-21-19-29(20-22-46)43-37(47)25-27-9-4-3-5-10-27/h3-18,26,29,34-35H,19-25H2,1-2H3,(H,43,47)(H,44,48)(H,45,49)(H,50,51)/t34-,35-/m0/s1. The number of ether oxygens (including phenoxy) is 1. The summed E-state index contributed by atoms with van der Waals surface area (Å²) in [6, 6.07) is 26.3. The average Bonchev–Trinajstić information content (AvgIpc) is 3.54. The van der Waals surface area contributed by atoms with Crippen molar-refractivity contribution in [1.82, 2.24) is 20.9 Å². The molecule has 0 spiro atoms. The monoisotopic (exact) mass is 732 g/mol. The minimum Gasteiger partial charge on any atom is -0.480 e. The van der Waals surface area contributed by atoms with Crippen molar-refractivity contribution < 1.29 is 38.2 Å². The van der Waals surface area contributed by atoms with Gasteiger partial charge in [-0.25, -0.2) is 9.59 Å². The van der Waals surface area contributed by atoms with Crippen molar-refractivity contribution in [3.05, 3.63) is 114 Å². The number of carbonyl (C=O) groups is 5. The van der Waals surface area contributed by atoms with Crippen LogP contribution in [-0.2, 0) is 27.2 Å². The molecule has 1 aliphatic heterocycles. The van der Waals surface area contributed by atoms with Gasteiger partial charge in [0.05, 0.1) is 12.0 Å². The number of nitrogens with one attached hydrogen (secondary N) is 3. The maximum Gasteiger partial charge on any atom is 0.415 e. The van der Waals surface area contributed by atoms with Gasteiger partial charge in [-0.1, -0.05) is 86.6 Å². The first-order chi connectivity index (χ1) is 26.0. The fourth-order valence-corrected chi connectivity index (χ4v) is 6.70. The Morgan fingerprint density at radius 3 is 2.19 bits per heavy atom. The molecule has 280 valence electrons. The second-order valence-electron chi connectivity index (χ2n) is 14.0. The van der Waals surface area contributed by atoms with Gasteiger partial charge in [-0.05, 0) is 60.6 Å². The second kappa shape index (κ2) is 17.1. The lowest BCUT2D eigenvalue weighted by atomic mass is 10.0. The maximum absolute atomic E-state index is 13.5. The van der Waals surface area contributed by atoms with Gasteiger partial charge in [-0.2, -0.15) is 0 Å². The summed E-state index contributed by atoms with van der Waals surface area (Å²) in [7, 11) is 0. The molecule has 2 heterocycles. The van der Waals surface area contributed by atoms with Gasteiger partial charge in [-0.15, -0.1) is 0 Å². The van der Waals surface area contributed by atoms with Crippen LogP contribution in [0.15, 0.2) is 101 Å². The van der Waals surface area contributed by atoms with E-state index in [4.69, 9.17) is 9.15 Å². The van der Waals surface area contributed by atoms with Crippen LogP contribution in [0.1, 0.15) is 54.6 Å². The Morgan fingerprint density at radius 1 is 0.796 bits per heavy atom. The molecule has 1 saturated heterocycles. The summed E-state index contributed by atoms with van der Waals surface area (Å²) in [5.41, 5.74) is 2.85. The van der Waals surface area contributed by atoms with Crippen LogP contribution in [0.4, 0.5) is 4.79 Å². The highest BCUT2D eigenvalue weighted by molar-refractivity contribution is 6.13. The highest BCUT2D eigenvalue weighted by Crippen LogP contribution is 2.31. The Balaban J connectivity index is 1.01. The van der Waals surface area contributed by atoms with E-state index in [0.717, 1.165) is 16.3 Å². The van der Waals surface area contributed by atoms with Gasteiger partial charge in [-0.3, -0.25) is 14.4 Å². The first-order valence-corrected chi connectivity index (χ1v) is 18.2. The number of furan rings is 1. The number of fused-ring (bicyclic) bond motifs is 3. The zero-order chi connectivity index (χ0) is 38.2. The molecule has 12 heteroatoms. The van der Waals surface area contributed by atoms with E-state index in [1.165, 1.54) is 0 Å². The van der Waals surface area contributed by atoms with Gasteiger partial charge in [0.1, 0.15) is 29.0 Å². The number of hydrogen-bond donors (Lipinski definition) is 4. The van der Waals surface area contributed by atoms with Crippen molar-refractivity contribution in [3.63, 3.8) is 0 Å². The predicted molar refractivity (Wildman–Crippen MR) is 203 cm³/mol. The van der Waals surface area contributed by atoms with Gasteiger partial charge in [0.25, 0.3) is 5.91 Å². The summed E-state index contributed by atoms with van der Waals surface area (Å²) in [6.07, 6.45) is 1.24. The van der Waals surface area contributed by atoms with Crippen molar-refractivity contribution in [3.8, 4) is 5.75 Å². The lowest BCUT2D eigenvalue weighted by Crippen LogP contribution is -2.52. The van der Waals surface area contributed by atoms with E-state index in [2.05, 4.69) is 16.0 Å². The van der Waals surface area contributed by atoms with Crippen LogP contribution in [-0.4, -0.2) is 71.0 Å². The van der Waals surface area contributed by atoms with E-state index in [0.29, 0.717) is 49.1 Å². The third-order valence-corrected chi connectivity index (χ3v) is 9.49. The van der Waals surface area contributed by atoms with E-state index in [-0.39, 0.29) is 42.0 Å². The van der Waals surface area contributed by atoms with Crippen molar-refractivity contribution in [2.24, 2.45) is 5.92 Å². The topological polar surface area (TPSA) is 167 Å². The molecule has 12 nitrogen and oxygen atoms in total. The summed E-state index contributed by atoms with van der Waals surface area (Å²) in [6.45, 7) is 4.68. The van der Waals surface area contributed by atoms with Crippen molar-refractivity contribution in [2.75, 3.05) is 13.1 Å². The fraction of sp³-hybridized carbons (Fsp3) is 0.310. The van der Waals surface area contributed by atoms with E-state index in [1.54, 1.807) is 41.3 Å². The lowest BCUT2D eigenvalue weighted by Gasteiger charge is -2.31. The highest BCUT2D eigenvalue weighted by atomic mass is 16.6. The van der Waals surface area contributed by atoms with Gasteiger partial charge in [0.2, 0.25) is 11.8 Å². The molecule has 4 N–H and O–H groups in total. The molecule has 0 unspecified atom stereocenters. The summed E-state index contributed by atoms with van der Waals surface area (Å²) in [5, 5.41) is 20.1.